The van der Waals surface area contributed by atoms with E-state index in [1.807, 2.05) is 31.2 Å². The van der Waals surface area contributed by atoms with Crippen LogP contribution in [0, 0.1) is 6.92 Å². The van der Waals surface area contributed by atoms with Crippen molar-refractivity contribution in [2.75, 3.05) is 18.8 Å². The molecular weight excluding hydrogens is 377 g/mol. The van der Waals surface area contributed by atoms with Crippen molar-refractivity contribution in [2.45, 2.75) is 18.0 Å². The molecule has 0 aliphatic rings. The van der Waals surface area contributed by atoms with Crippen molar-refractivity contribution in [3.8, 4) is 0 Å². The maximum Gasteiger partial charge on any atom is 0.416 e. The lowest BCUT2D eigenvalue weighted by molar-refractivity contribution is -0.137. The van der Waals surface area contributed by atoms with E-state index in [4.69, 9.17) is 0 Å². The molecule has 0 fully saturated rings. The summed E-state index contributed by atoms with van der Waals surface area (Å²) < 4.78 is 37.5. The van der Waals surface area contributed by atoms with Gasteiger partial charge >= 0.3 is 6.18 Å². The van der Waals surface area contributed by atoms with Crippen LogP contribution < -0.4 is 10.6 Å². The van der Waals surface area contributed by atoms with E-state index in [0.717, 1.165) is 29.2 Å². The zero-order valence-corrected chi connectivity index (χ0v) is 15.4. The average Bonchev–Trinajstić information content (AvgIpc) is 2.64. The van der Waals surface area contributed by atoms with Crippen LogP contribution in [0.4, 0.5) is 13.2 Å². The van der Waals surface area contributed by atoms with Gasteiger partial charge in [-0.1, -0.05) is 17.7 Å². The van der Waals surface area contributed by atoms with Crippen LogP contribution in [0.3, 0.4) is 0 Å². The molecule has 0 atom stereocenters. The molecule has 4 nitrogen and oxygen atoms in total. The molecule has 0 aromatic heterocycles. The van der Waals surface area contributed by atoms with Crippen LogP contribution in [-0.2, 0) is 11.0 Å². The molecule has 0 aliphatic heterocycles. The molecule has 2 rings (SSSR count). The summed E-state index contributed by atoms with van der Waals surface area (Å²) in [6.07, 6.45) is -4.45. The first-order valence-corrected chi connectivity index (χ1v) is 9.16. The fourth-order valence-electron chi connectivity index (χ4n) is 2.13. The second-order valence-electron chi connectivity index (χ2n) is 5.77. The Bertz CT molecular complexity index is 775. The second-order valence-corrected chi connectivity index (χ2v) is 6.94. The van der Waals surface area contributed by atoms with Gasteiger partial charge in [-0.05, 0) is 43.3 Å². The van der Waals surface area contributed by atoms with E-state index in [1.165, 1.54) is 5.56 Å². The van der Waals surface area contributed by atoms with Crippen molar-refractivity contribution >= 4 is 23.6 Å². The van der Waals surface area contributed by atoms with Crippen molar-refractivity contribution < 1.29 is 22.8 Å². The quantitative estimate of drug-likeness (QED) is 0.555. The molecule has 2 aromatic carbocycles. The topological polar surface area (TPSA) is 58.2 Å². The normalized spacial score (nSPS) is 11.1. The number of alkyl halides is 3. The molecule has 2 aromatic rings. The van der Waals surface area contributed by atoms with Crippen LogP contribution in [0.15, 0.2) is 53.4 Å². The molecule has 0 unspecified atom stereocenters. The van der Waals surface area contributed by atoms with Crippen molar-refractivity contribution in [3.05, 3.63) is 65.2 Å². The van der Waals surface area contributed by atoms with Crippen LogP contribution in [0.5, 0.6) is 0 Å². The molecular formula is C19H19F3N2O2S. The monoisotopic (exact) mass is 396 g/mol. The Morgan fingerprint density at radius 3 is 2.19 bits per heavy atom. The van der Waals surface area contributed by atoms with Gasteiger partial charge in [-0.3, -0.25) is 9.59 Å². The SMILES string of the molecule is Cc1ccc(SCCNC(=O)CNC(=O)c2ccc(C(F)(F)F)cc2)cc1. The van der Waals surface area contributed by atoms with E-state index in [1.54, 1.807) is 11.8 Å². The third-order valence-electron chi connectivity index (χ3n) is 3.60. The summed E-state index contributed by atoms with van der Waals surface area (Å²) in [5.74, 6) is -0.283. The summed E-state index contributed by atoms with van der Waals surface area (Å²) in [4.78, 5) is 24.7. The minimum absolute atomic E-state index is 0.0609. The summed E-state index contributed by atoms with van der Waals surface area (Å²) in [5.41, 5.74) is 0.407. The fraction of sp³-hybridized carbons (Fsp3) is 0.263. The highest BCUT2D eigenvalue weighted by Crippen LogP contribution is 2.29. The highest BCUT2D eigenvalue weighted by atomic mass is 32.2. The summed E-state index contributed by atoms with van der Waals surface area (Å²) in [7, 11) is 0. The van der Waals surface area contributed by atoms with E-state index in [2.05, 4.69) is 10.6 Å². The van der Waals surface area contributed by atoms with Gasteiger partial charge in [-0.25, -0.2) is 0 Å². The lowest BCUT2D eigenvalue weighted by Gasteiger charge is -2.09. The van der Waals surface area contributed by atoms with Crippen LogP contribution in [0.1, 0.15) is 21.5 Å². The number of nitrogens with one attached hydrogen (secondary N) is 2. The van der Waals surface area contributed by atoms with Gasteiger partial charge in [0.1, 0.15) is 0 Å². The number of thioether (sulfide) groups is 1. The Balaban J connectivity index is 1.68. The lowest BCUT2D eigenvalue weighted by Crippen LogP contribution is -2.37. The van der Waals surface area contributed by atoms with Gasteiger partial charge in [0.15, 0.2) is 0 Å². The highest BCUT2D eigenvalue weighted by molar-refractivity contribution is 7.99. The zero-order chi connectivity index (χ0) is 19.9. The van der Waals surface area contributed by atoms with Gasteiger partial charge < -0.3 is 10.6 Å². The van der Waals surface area contributed by atoms with E-state index in [0.29, 0.717) is 12.3 Å². The van der Waals surface area contributed by atoms with Crippen molar-refractivity contribution in [1.29, 1.82) is 0 Å². The molecule has 0 saturated carbocycles. The molecule has 27 heavy (non-hydrogen) atoms. The average molecular weight is 396 g/mol. The standard InChI is InChI=1S/C19H19F3N2O2S/c1-13-2-8-16(9-3-13)27-11-10-23-17(25)12-24-18(26)14-4-6-15(7-5-14)19(20,21)22/h2-9H,10-12H2,1H3,(H,23,25)(H,24,26). The summed E-state index contributed by atoms with van der Waals surface area (Å²) >= 11 is 1.60. The molecule has 0 aliphatic carbocycles. The molecule has 144 valence electrons. The fourth-order valence-corrected chi connectivity index (χ4v) is 2.90. The first kappa shape index (κ1) is 20.8. The predicted molar refractivity (Wildman–Crippen MR) is 98.7 cm³/mol. The van der Waals surface area contributed by atoms with Crippen LogP contribution >= 0.6 is 11.8 Å². The van der Waals surface area contributed by atoms with Crippen molar-refractivity contribution in [1.82, 2.24) is 10.6 Å². The summed E-state index contributed by atoms with van der Waals surface area (Å²) in [5, 5.41) is 5.06. The van der Waals surface area contributed by atoms with Crippen LogP contribution in [0.25, 0.3) is 0 Å². The third-order valence-corrected chi connectivity index (χ3v) is 4.61. The van der Waals surface area contributed by atoms with E-state index in [-0.39, 0.29) is 18.0 Å². The van der Waals surface area contributed by atoms with E-state index in [9.17, 15) is 22.8 Å². The summed E-state index contributed by atoms with van der Waals surface area (Å²) in [6, 6.07) is 11.9. The largest absolute Gasteiger partial charge is 0.416 e. The van der Waals surface area contributed by atoms with Crippen molar-refractivity contribution in [3.63, 3.8) is 0 Å². The highest BCUT2D eigenvalue weighted by Gasteiger charge is 2.30. The number of rotatable bonds is 7. The van der Waals surface area contributed by atoms with Crippen LogP contribution in [0.2, 0.25) is 0 Å². The maximum atomic E-state index is 12.5. The number of amides is 2. The van der Waals surface area contributed by atoms with Gasteiger partial charge in [0.2, 0.25) is 5.91 Å². The lowest BCUT2D eigenvalue weighted by atomic mass is 10.1. The van der Waals surface area contributed by atoms with Gasteiger partial charge in [0.05, 0.1) is 12.1 Å². The van der Waals surface area contributed by atoms with E-state index < -0.39 is 17.6 Å². The van der Waals surface area contributed by atoms with Gasteiger partial charge in [-0.2, -0.15) is 13.2 Å². The number of carbonyl (C=O) groups is 2. The Morgan fingerprint density at radius 2 is 1.59 bits per heavy atom. The Morgan fingerprint density at radius 1 is 0.963 bits per heavy atom. The Kier molecular flexibility index (Phi) is 7.29. The zero-order valence-electron chi connectivity index (χ0n) is 14.6. The molecule has 0 bridgehead atoms. The van der Waals surface area contributed by atoms with E-state index >= 15 is 0 Å². The number of carbonyl (C=O) groups excluding carboxylic acids is 2. The molecule has 2 N–H and O–H groups in total. The molecule has 8 heteroatoms. The number of hydrogen-bond donors (Lipinski definition) is 2. The minimum atomic E-state index is -4.45. The minimum Gasteiger partial charge on any atom is -0.354 e. The molecule has 0 heterocycles. The predicted octanol–water partition coefficient (Wildman–Crippen LogP) is 3.65. The molecule has 0 radical (unpaired) electrons. The Labute approximate surface area is 159 Å². The first-order valence-electron chi connectivity index (χ1n) is 8.17. The Hall–Kier alpha value is -2.48. The third kappa shape index (κ3) is 6.97. The molecule has 0 spiro atoms. The number of benzene rings is 2. The number of hydrogen-bond acceptors (Lipinski definition) is 3. The summed E-state index contributed by atoms with van der Waals surface area (Å²) in [6.45, 7) is 2.20. The van der Waals surface area contributed by atoms with Gasteiger partial charge in [0, 0.05) is 22.8 Å². The smallest absolute Gasteiger partial charge is 0.354 e. The maximum absolute atomic E-state index is 12.5. The van der Waals surface area contributed by atoms with Gasteiger partial charge in [-0.15, -0.1) is 11.8 Å². The van der Waals surface area contributed by atoms with Crippen molar-refractivity contribution in [2.24, 2.45) is 0 Å². The molecule has 0 saturated heterocycles. The molecule has 2 amide bonds. The van der Waals surface area contributed by atoms with Crippen LogP contribution in [-0.4, -0.2) is 30.7 Å². The number of halogens is 3. The van der Waals surface area contributed by atoms with Gasteiger partial charge in [0.25, 0.3) is 5.91 Å². The first-order chi connectivity index (χ1) is 12.8. The second kappa shape index (κ2) is 9.45. The number of aryl methyl sites for hydroxylation is 1.